The Morgan fingerprint density at radius 1 is 1.36 bits per heavy atom. The van der Waals surface area contributed by atoms with Crippen molar-refractivity contribution in [1.29, 1.82) is 0 Å². The lowest BCUT2D eigenvalue weighted by Crippen LogP contribution is -2.45. The van der Waals surface area contributed by atoms with Crippen LogP contribution in [0.5, 0.6) is 5.75 Å². The average Bonchev–Trinajstić information content (AvgIpc) is 2.52. The number of hydrogen-bond acceptors (Lipinski definition) is 4. The third-order valence-electron chi connectivity index (χ3n) is 3.64. The van der Waals surface area contributed by atoms with Crippen molar-refractivity contribution in [2.45, 2.75) is 12.8 Å². The fraction of sp³-hybridized carbons (Fsp3) is 0.533. The van der Waals surface area contributed by atoms with Crippen molar-refractivity contribution in [3.8, 4) is 5.75 Å². The molecule has 1 aromatic rings. The Morgan fingerprint density at radius 2 is 2.09 bits per heavy atom. The lowest BCUT2D eigenvalue weighted by molar-refractivity contribution is -0.126. The van der Waals surface area contributed by atoms with Crippen LogP contribution in [0.15, 0.2) is 30.3 Å². The van der Waals surface area contributed by atoms with E-state index in [1.807, 2.05) is 30.3 Å². The van der Waals surface area contributed by atoms with E-state index in [9.17, 15) is 13.2 Å². The van der Waals surface area contributed by atoms with E-state index in [1.165, 1.54) is 10.6 Å². The minimum Gasteiger partial charge on any atom is -0.492 e. The monoisotopic (exact) mass is 326 g/mol. The molecule has 0 radical (unpaired) electrons. The van der Waals surface area contributed by atoms with E-state index >= 15 is 0 Å². The van der Waals surface area contributed by atoms with Gasteiger partial charge in [-0.25, -0.2) is 12.7 Å². The van der Waals surface area contributed by atoms with Crippen LogP contribution in [0.3, 0.4) is 0 Å². The SMILES string of the molecule is CS(=O)(=O)N1CCCC(C(=O)NCCOc2ccccc2)C1. The summed E-state index contributed by atoms with van der Waals surface area (Å²) >= 11 is 0. The standard InChI is InChI=1S/C15H22N2O4S/c1-22(19,20)17-10-5-6-13(12-17)15(18)16-9-11-21-14-7-3-2-4-8-14/h2-4,7-8,13H,5-6,9-12H2,1H3,(H,16,18). The van der Waals surface area contributed by atoms with Gasteiger partial charge in [-0.05, 0) is 25.0 Å². The zero-order valence-corrected chi connectivity index (χ0v) is 13.5. The summed E-state index contributed by atoms with van der Waals surface area (Å²) in [7, 11) is -3.22. The van der Waals surface area contributed by atoms with E-state index in [0.29, 0.717) is 26.1 Å². The Labute approximate surface area is 131 Å². The molecule has 1 fully saturated rings. The van der Waals surface area contributed by atoms with Crippen LogP contribution in [-0.4, -0.2) is 51.1 Å². The molecule has 1 amide bonds. The third kappa shape index (κ3) is 4.99. The average molecular weight is 326 g/mol. The first kappa shape index (κ1) is 16.8. The topological polar surface area (TPSA) is 75.7 Å². The van der Waals surface area contributed by atoms with Crippen LogP contribution < -0.4 is 10.1 Å². The molecule has 0 spiro atoms. The van der Waals surface area contributed by atoms with E-state index in [1.54, 1.807) is 0 Å². The molecule has 0 bridgehead atoms. The number of carbonyl (C=O) groups excluding carboxylic acids is 1. The largest absolute Gasteiger partial charge is 0.492 e. The highest BCUT2D eigenvalue weighted by Crippen LogP contribution is 2.18. The van der Waals surface area contributed by atoms with Gasteiger partial charge in [0.2, 0.25) is 15.9 Å². The van der Waals surface area contributed by atoms with E-state index in [2.05, 4.69) is 5.32 Å². The van der Waals surface area contributed by atoms with Crippen LogP contribution in [0.4, 0.5) is 0 Å². The van der Waals surface area contributed by atoms with Crippen molar-refractivity contribution in [3.63, 3.8) is 0 Å². The van der Waals surface area contributed by atoms with Gasteiger partial charge in [0, 0.05) is 13.1 Å². The number of ether oxygens (including phenoxy) is 1. The lowest BCUT2D eigenvalue weighted by atomic mass is 9.99. The molecule has 6 nitrogen and oxygen atoms in total. The second-order valence-corrected chi connectivity index (χ2v) is 7.40. The fourth-order valence-corrected chi connectivity index (χ4v) is 3.37. The Morgan fingerprint density at radius 3 is 2.77 bits per heavy atom. The summed E-state index contributed by atoms with van der Waals surface area (Å²) in [6, 6.07) is 9.39. The van der Waals surface area contributed by atoms with Crippen molar-refractivity contribution >= 4 is 15.9 Å². The molecule has 1 aliphatic rings. The fourth-order valence-electron chi connectivity index (χ4n) is 2.46. The van der Waals surface area contributed by atoms with Crippen LogP contribution >= 0.6 is 0 Å². The van der Waals surface area contributed by atoms with Crippen LogP contribution in [0.1, 0.15) is 12.8 Å². The number of piperidine rings is 1. The maximum atomic E-state index is 12.1. The molecule has 7 heteroatoms. The quantitative estimate of drug-likeness (QED) is 0.787. The molecule has 1 unspecified atom stereocenters. The number of nitrogens with one attached hydrogen (secondary N) is 1. The maximum Gasteiger partial charge on any atom is 0.224 e. The van der Waals surface area contributed by atoms with E-state index in [4.69, 9.17) is 4.74 Å². The zero-order valence-electron chi connectivity index (χ0n) is 12.7. The van der Waals surface area contributed by atoms with Crippen molar-refractivity contribution < 1.29 is 17.9 Å². The summed E-state index contributed by atoms with van der Waals surface area (Å²) in [6.07, 6.45) is 2.62. The number of benzene rings is 1. The first-order valence-electron chi connectivity index (χ1n) is 7.37. The number of nitrogens with zero attached hydrogens (tertiary/aromatic N) is 1. The van der Waals surface area contributed by atoms with Gasteiger partial charge in [0.05, 0.1) is 18.7 Å². The number of carbonyl (C=O) groups is 1. The highest BCUT2D eigenvalue weighted by atomic mass is 32.2. The second-order valence-electron chi connectivity index (χ2n) is 5.41. The van der Waals surface area contributed by atoms with Gasteiger partial charge in [-0.2, -0.15) is 0 Å². The van der Waals surface area contributed by atoms with Crippen LogP contribution in [0.2, 0.25) is 0 Å². The van der Waals surface area contributed by atoms with Gasteiger partial charge in [-0.3, -0.25) is 4.79 Å². The zero-order chi connectivity index (χ0) is 16.0. The van der Waals surface area contributed by atoms with E-state index in [0.717, 1.165) is 12.2 Å². The van der Waals surface area contributed by atoms with Gasteiger partial charge >= 0.3 is 0 Å². The Balaban J connectivity index is 1.73. The summed E-state index contributed by atoms with van der Waals surface area (Å²) in [5, 5.41) is 2.81. The normalized spacial score (nSPS) is 19.6. The number of hydrogen-bond donors (Lipinski definition) is 1. The van der Waals surface area contributed by atoms with Gasteiger partial charge in [-0.15, -0.1) is 0 Å². The Hall–Kier alpha value is -1.60. The summed E-state index contributed by atoms with van der Waals surface area (Å²) < 4.78 is 30.0. The molecule has 1 aliphatic heterocycles. The molecule has 1 N–H and O–H groups in total. The lowest BCUT2D eigenvalue weighted by Gasteiger charge is -2.30. The van der Waals surface area contributed by atoms with Crippen LogP contribution in [0.25, 0.3) is 0 Å². The molecule has 1 aromatic carbocycles. The number of rotatable bonds is 6. The van der Waals surface area contributed by atoms with Crippen molar-refractivity contribution in [2.75, 3.05) is 32.5 Å². The molecular formula is C15H22N2O4S. The predicted octanol–water partition coefficient (Wildman–Crippen LogP) is 0.853. The smallest absolute Gasteiger partial charge is 0.224 e. The predicted molar refractivity (Wildman–Crippen MR) is 84.1 cm³/mol. The van der Waals surface area contributed by atoms with Crippen molar-refractivity contribution in [1.82, 2.24) is 9.62 Å². The molecular weight excluding hydrogens is 304 g/mol. The third-order valence-corrected chi connectivity index (χ3v) is 4.91. The highest BCUT2D eigenvalue weighted by Gasteiger charge is 2.29. The molecule has 0 aromatic heterocycles. The van der Waals surface area contributed by atoms with E-state index in [-0.39, 0.29) is 18.4 Å². The minimum atomic E-state index is -3.22. The Bertz CT molecular complexity index is 589. The van der Waals surface area contributed by atoms with Gasteiger partial charge in [-0.1, -0.05) is 18.2 Å². The van der Waals surface area contributed by atoms with Gasteiger partial charge in [0.1, 0.15) is 12.4 Å². The summed E-state index contributed by atoms with van der Waals surface area (Å²) in [4.78, 5) is 12.1. The maximum absolute atomic E-state index is 12.1. The number of amides is 1. The summed E-state index contributed by atoms with van der Waals surface area (Å²) in [6.45, 7) is 1.56. The van der Waals surface area contributed by atoms with Crippen LogP contribution in [-0.2, 0) is 14.8 Å². The second kappa shape index (κ2) is 7.60. The number of sulfonamides is 1. The first-order valence-corrected chi connectivity index (χ1v) is 9.22. The molecule has 1 heterocycles. The van der Waals surface area contributed by atoms with Crippen LogP contribution in [0, 0.1) is 5.92 Å². The van der Waals surface area contributed by atoms with Crippen molar-refractivity contribution in [3.05, 3.63) is 30.3 Å². The molecule has 1 saturated heterocycles. The highest BCUT2D eigenvalue weighted by molar-refractivity contribution is 7.88. The molecule has 22 heavy (non-hydrogen) atoms. The Kier molecular flexibility index (Phi) is 5.79. The van der Waals surface area contributed by atoms with E-state index < -0.39 is 10.0 Å². The first-order chi connectivity index (χ1) is 10.5. The molecule has 0 saturated carbocycles. The molecule has 1 atom stereocenters. The summed E-state index contributed by atoms with van der Waals surface area (Å²) in [5.41, 5.74) is 0. The number of para-hydroxylation sites is 1. The van der Waals surface area contributed by atoms with Gasteiger partial charge in [0.25, 0.3) is 0 Å². The van der Waals surface area contributed by atoms with Gasteiger partial charge < -0.3 is 10.1 Å². The molecule has 122 valence electrons. The van der Waals surface area contributed by atoms with Gasteiger partial charge in [0.15, 0.2) is 0 Å². The summed E-state index contributed by atoms with van der Waals surface area (Å²) in [5.74, 6) is 0.378. The minimum absolute atomic E-state index is 0.106. The molecule has 0 aliphatic carbocycles. The molecule has 2 rings (SSSR count). The van der Waals surface area contributed by atoms with Crippen molar-refractivity contribution in [2.24, 2.45) is 5.92 Å².